The predicted molar refractivity (Wildman–Crippen MR) is 119 cm³/mol. The number of hydrogen-bond acceptors (Lipinski definition) is 4. The van der Waals surface area contributed by atoms with Crippen LogP contribution in [0.2, 0.25) is 0 Å². The number of anilines is 1. The molecule has 30 heavy (non-hydrogen) atoms. The lowest BCUT2D eigenvalue weighted by Crippen LogP contribution is -2.45. The van der Waals surface area contributed by atoms with Crippen LogP contribution in [0.25, 0.3) is 0 Å². The highest BCUT2D eigenvalue weighted by molar-refractivity contribution is 7.92. The van der Waals surface area contributed by atoms with Crippen molar-refractivity contribution in [2.45, 2.75) is 52.7 Å². The van der Waals surface area contributed by atoms with E-state index in [0.29, 0.717) is 12.1 Å². The van der Waals surface area contributed by atoms with Gasteiger partial charge >= 0.3 is 0 Å². The van der Waals surface area contributed by atoms with Crippen molar-refractivity contribution in [2.24, 2.45) is 0 Å². The van der Waals surface area contributed by atoms with E-state index in [2.05, 4.69) is 5.32 Å². The third-order valence-corrected chi connectivity index (χ3v) is 6.57. The number of carbonyl (C=O) groups is 1. The van der Waals surface area contributed by atoms with Crippen LogP contribution in [0.5, 0.6) is 5.75 Å². The molecule has 3 rings (SSSR count). The third-order valence-electron chi connectivity index (χ3n) is 5.43. The molecular formula is C23H30N2O4S. The summed E-state index contributed by atoms with van der Waals surface area (Å²) in [5, 5.41) is 3.02. The number of carbonyl (C=O) groups excluding carboxylic acids is 1. The van der Waals surface area contributed by atoms with Crippen LogP contribution < -0.4 is 14.4 Å². The number of nitrogens with one attached hydrogen (secondary N) is 1. The van der Waals surface area contributed by atoms with E-state index in [-0.39, 0.29) is 18.5 Å². The largest absolute Gasteiger partial charge is 0.487 e. The molecule has 1 amide bonds. The van der Waals surface area contributed by atoms with Crippen LogP contribution in [0.1, 0.15) is 48.6 Å². The Morgan fingerprint density at radius 2 is 1.83 bits per heavy atom. The quantitative estimate of drug-likeness (QED) is 0.783. The van der Waals surface area contributed by atoms with Gasteiger partial charge in [0, 0.05) is 12.0 Å². The summed E-state index contributed by atoms with van der Waals surface area (Å²) in [4.78, 5) is 12.9. The van der Waals surface area contributed by atoms with Crippen molar-refractivity contribution in [1.82, 2.24) is 5.32 Å². The Bertz CT molecular complexity index is 1080. The number of fused-ring (bicyclic) bond motifs is 1. The van der Waals surface area contributed by atoms with Crippen LogP contribution in [0.4, 0.5) is 5.69 Å². The minimum atomic E-state index is -3.62. The molecule has 0 aliphatic carbocycles. The van der Waals surface area contributed by atoms with Crippen LogP contribution in [0.15, 0.2) is 36.4 Å². The Morgan fingerprint density at radius 1 is 1.13 bits per heavy atom. The highest BCUT2D eigenvalue weighted by atomic mass is 32.2. The molecule has 1 unspecified atom stereocenters. The van der Waals surface area contributed by atoms with E-state index < -0.39 is 15.6 Å². The summed E-state index contributed by atoms with van der Waals surface area (Å²) < 4.78 is 32.1. The van der Waals surface area contributed by atoms with Gasteiger partial charge in [0.15, 0.2) is 0 Å². The molecule has 1 heterocycles. The number of rotatable bonds is 5. The van der Waals surface area contributed by atoms with Crippen molar-refractivity contribution in [3.63, 3.8) is 0 Å². The molecule has 1 N–H and O–H groups in total. The number of hydrogen-bond donors (Lipinski definition) is 1. The Labute approximate surface area is 179 Å². The lowest BCUT2D eigenvalue weighted by molar-refractivity contribution is -0.120. The van der Waals surface area contributed by atoms with Gasteiger partial charge in [-0.2, -0.15) is 0 Å². The van der Waals surface area contributed by atoms with Crippen LogP contribution in [0.3, 0.4) is 0 Å². The fraction of sp³-hybridized carbons (Fsp3) is 0.435. The molecule has 1 aliphatic rings. The van der Waals surface area contributed by atoms with E-state index in [9.17, 15) is 13.2 Å². The van der Waals surface area contributed by atoms with Crippen molar-refractivity contribution >= 4 is 21.6 Å². The van der Waals surface area contributed by atoms with Gasteiger partial charge in [-0.25, -0.2) is 8.42 Å². The molecule has 0 radical (unpaired) electrons. The molecule has 0 fully saturated rings. The van der Waals surface area contributed by atoms with Crippen LogP contribution in [-0.2, 0) is 14.8 Å². The third kappa shape index (κ3) is 4.95. The van der Waals surface area contributed by atoms with Gasteiger partial charge in [0.25, 0.3) is 0 Å². The second-order valence-corrected chi connectivity index (χ2v) is 10.7. The minimum absolute atomic E-state index is 0.252. The second kappa shape index (κ2) is 7.95. The molecule has 0 bridgehead atoms. The molecule has 0 spiro atoms. The molecular weight excluding hydrogens is 400 g/mol. The summed E-state index contributed by atoms with van der Waals surface area (Å²) in [6.07, 6.45) is 1.71. The summed E-state index contributed by atoms with van der Waals surface area (Å²) in [6.45, 7) is 9.56. The summed E-state index contributed by atoms with van der Waals surface area (Å²) in [6, 6.07) is 11.0. The fourth-order valence-electron chi connectivity index (χ4n) is 3.74. The monoisotopic (exact) mass is 430 g/mol. The highest BCUT2D eigenvalue weighted by Crippen LogP contribution is 2.39. The van der Waals surface area contributed by atoms with Gasteiger partial charge in [-0.1, -0.05) is 18.2 Å². The van der Waals surface area contributed by atoms with Crippen LogP contribution in [0, 0.1) is 20.8 Å². The van der Waals surface area contributed by atoms with Gasteiger partial charge in [0.2, 0.25) is 15.9 Å². The minimum Gasteiger partial charge on any atom is -0.487 e. The average molecular weight is 431 g/mol. The Hall–Kier alpha value is -2.54. The van der Waals surface area contributed by atoms with Gasteiger partial charge in [-0.3, -0.25) is 9.10 Å². The maximum absolute atomic E-state index is 12.9. The van der Waals surface area contributed by atoms with Crippen molar-refractivity contribution in [1.29, 1.82) is 0 Å². The topological polar surface area (TPSA) is 75.7 Å². The molecule has 7 heteroatoms. The van der Waals surface area contributed by atoms with Gasteiger partial charge in [0.1, 0.15) is 17.9 Å². The molecule has 0 saturated heterocycles. The summed E-state index contributed by atoms with van der Waals surface area (Å²) in [5.41, 5.74) is 4.06. The van der Waals surface area contributed by atoms with Crippen molar-refractivity contribution < 1.29 is 17.9 Å². The SMILES string of the molecule is Cc1ccc2c(c1)OC(C)(C)CC2NC(=O)CN(c1ccc(C)c(C)c1)S(C)(=O)=O. The Balaban J connectivity index is 1.85. The zero-order valence-electron chi connectivity index (χ0n) is 18.4. The van der Waals surface area contributed by atoms with E-state index in [4.69, 9.17) is 4.74 Å². The smallest absolute Gasteiger partial charge is 0.241 e. The van der Waals surface area contributed by atoms with Crippen LogP contribution >= 0.6 is 0 Å². The number of nitrogens with zero attached hydrogens (tertiary/aromatic N) is 1. The summed E-state index contributed by atoms with van der Waals surface area (Å²) >= 11 is 0. The van der Waals surface area contributed by atoms with Gasteiger partial charge in [-0.15, -0.1) is 0 Å². The Kier molecular flexibility index (Phi) is 5.87. The van der Waals surface area contributed by atoms with Gasteiger partial charge in [0.05, 0.1) is 18.0 Å². The van der Waals surface area contributed by atoms with E-state index >= 15 is 0 Å². The predicted octanol–water partition coefficient (Wildman–Crippen LogP) is 3.80. The van der Waals surface area contributed by atoms with E-state index in [1.165, 1.54) is 0 Å². The first-order chi connectivity index (χ1) is 13.9. The first kappa shape index (κ1) is 22.2. The molecule has 162 valence electrons. The zero-order chi connectivity index (χ0) is 22.3. The molecule has 6 nitrogen and oxygen atoms in total. The van der Waals surface area contributed by atoms with E-state index in [1.54, 1.807) is 12.1 Å². The van der Waals surface area contributed by atoms with E-state index in [1.807, 2.05) is 58.9 Å². The molecule has 2 aromatic rings. The Morgan fingerprint density at radius 3 is 2.47 bits per heavy atom. The summed E-state index contributed by atoms with van der Waals surface area (Å²) in [7, 11) is -3.62. The first-order valence-electron chi connectivity index (χ1n) is 10.00. The second-order valence-electron chi connectivity index (χ2n) is 8.77. The standard InChI is InChI=1S/C23H30N2O4S/c1-15-7-10-19-20(13-23(4,5)29-21(19)11-15)24-22(26)14-25(30(6,27)28)18-9-8-16(2)17(3)12-18/h7-12,20H,13-14H2,1-6H3,(H,24,26). The fourth-order valence-corrected chi connectivity index (χ4v) is 4.59. The maximum Gasteiger partial charge on any atom is 0.241 e. The highest BCUT2D eigenvalue weighted by Gasteiger charge is 2.35. The number of benzene rings is 2. The average Bonchev–Trinajstić information content (AvgIpc) is 2.60. The van der Waals surface area contributed by atoms with Crippen molar-refractivity contribution in [3.8, 4) is 5.75 Å². The molecule has 0 aromatic heterocycles. The summed E-state index contributed by atoms with van der Waals surface area (Å²) in [5.74, 6) is 0.401. The lowest BCUT2D eigenvalue weighted by Gasteiger charge is -2.38. The number of amides is 1. The molecule has 2 aromatic carbocycles. The zero-order valence-corrected chi connectivity index (χ0v) is 19.3. The normalized spacial score (nSPS) is 17.6. The molecule has 0 saturated carbocycles. The van der Waals surface area contributed by atoms with Gasteiger partial charge in [-0.05, 0) is 69.5 Å². The van der Waals surface area contributed by atoms with Crippen molar-refractivity contribution in [2.75, 3.05) is 17.1 Å². The number of aryl methyl sites for hydroxylation is 3. The van der Waals surface area contributed by atoms with Gasteiger partial charge < -0.3 is 10.1 Å². The molecule has 1 aliphatic heterocycles. The first-order valence-corrected chi connectivity index (χ1v) is 11.8. The molecule has 1 atom stereocenters. The number of ether oxygens (including phenoxy) is 1. The number of sulfonamides is 1. The van der Waals surface area contributed by atoms with Crippen molar-refractivity contribution in [3.05, 3.63) is 58.7 Å². The van der Waals surface area contributed by atoms with Crippen LogP contribution in [-0.4, -0.2) is 32.7 Å². The maximum atomic E-state index is 12.9. The lowest BCUT2D eigenvalue weighted by atomic mass is 9.89. The van der Waals surface area contributed by atoms with E-state index in [0.717, 1.165) is 38.6 Å².